The molecule has 24 heavy (non-hydrogen) atoms. The van der Waals surface area contributed by atoms with Gasteiger partial charge in [-0.25, -0.2) is 20.0 Å². The fourth-order valence-electron chi connectivity index (χ4n) is 1.98. The maximum atomic E-state index is 11.9. The molecule has 0 fully saturated rings. The maximum Gasteiger partial charge on any atom is 0.323 e. The SMILES string of the molecule is COC(=O)[C@H](C)NP(=O)(O)COCCn1cnc2c(N)ncnc21. The van der Waals surface area contributed by atoms with E-state index in [1.54, 1.807) is 4.57 Å². The Hall–Kier alpha value is -2.07. The van der Waals surface area contributed by atoms with Gasteiger partial charge >= 0.3 is 5.97 Å². The van der Waals surface area contributed by atoms with Gasteiger partial charge in [0.25, 0.3) is 7.52 Å². The zero-order valence-corrected chi connectivity index (χ0v) is 14.1. The van der Waals surface area contributed by atoms with Gasteiger partial charge in [0.1, 0.15) is 24.2 Å². The smallest absolute Gasteiger partial charge is 0.323 e. The summed E-state index contributed by atoms with van der Waals surface area (Å²) in [6.45, 7) is 1.93. The lowest BCUT2D eigenvalue weighted by molar-refractivity contribution is -0.142. The molecule has 0 amide bonds. The standard InChI is InChI=1S/C12H19N6O5P/c1-8(12(19)22-2)17-24(20,21)7-23-4-3-18-6-16-9-10(13)14-5-15-11(9)18/h5-6,8H,3-4,7H2,1-2H3,(H2,13,14,15)(H2,17,20,21)/t8-/m0/s1. The number of carbonyl (C=O) groups excluding carboxylic acids is 1. The van der Waals surface area contributed by atoms with Crippen LogP contribution in [0.5, 0.6) is 0 Å². The number of hydrogen-bond acceptors (Lipinski definition) is 8. The summed E-state index contributed by atoms with van der Waals surface area (Å²) in [5.41, 5.74) is 6.73. The highest BCUT2D eigenvalue weighted by molar-refractivity contribution is 7.55. The van der Waals surface area contributed by atoms with Crippen molar-refractivity contribution in [1.29, 1.82) is 0 Å². The van der Waals surface area contributed by atoms with Gasteiger partial charge in [-0.2, -0.15) is 0 Å². The van der Waals surface area contributed by atoms with Crippen LogP contribution in [-0.2, 0) is 25.4 Å². The van der Waals surface area contributed by atoms with E-state index >= 15 is 0 Å². The number of ether oxygens (including phenoxy) is 2. The lowest BCUT2D eigenvalue weighted by Gasteiger charge is -2.17. The highest BCUT2D eigenvalue weighted by atomic mass is 31.2. The molecule has 0 radical (unpaired) electrons. The highest BCUT2D eigenvalue weighted by Crippen LogP contribution is 2.35. The molecule has 0 aliphatic heterocycles. The Morgan fingerprint density at radius 2 is 2.25 bits per heavy atom. The van der Waals surface area contributed by atoms with Gasteiger partial charge < -0.3 is 24.7 Å². The first-order valence-electron chi connectivity index (χ1n) is 7.00. The summed E-state index contributed by atoms with van der Waals surface area (Å²) in [5, 5.41) is 2.29. The third-order valence-corrected chi connectivity index (χ3v) is 4.45. The van der Waals surface area contributed by atoms with E-state index in [4.69, 9.17) is 10.5 Å². The number of anilines is 1. The van der Waals surface area contributed by atoms with Gasteiger partial charge in [0.2, 0.25) is 0 Å². The lowest BCUT2D eigenvalue weighted by atomic mass is 10.4. The van der Waals surface area contributed by atoms with Gasteiger partial charge in [-0.05, 0) is 6.92 Å². The number of esters is 1. The molecule has 132 valence electrons. The largest absolute Gasteiger partial charge is 0.468 e. The third-order valence-electron chi connectivity index (χ3n) is 3.12. The third kappa shape index (κ3) is 4.48. The molecule has 0 saturated heterocycles. The van der Waals surface area contributed by atoms with Crippen molar-refractivity contribution >= 4 is 30.5 Å². The van der Waals surface area contributed by atoms with Crippen LogP contribution in [0, 0.1) is 0 Å². The molecule has 0 bridgehead atoms. The number of methoxy groups -OCH3 is 1. The number of fused-ring (bicyclic) bond motifs is 1. The van der Waals surface area contributed by atoms with Crippen LogP contribution in [0.25, 0.3) is 11.2 Å². The van der Waals surface area contributed by atoms with Crippen LogP contribution in [0.1, 0.15) is 6.92 Å². The Bertz CT molecular complexity index is 765. The summed E-state index contributed by atoms with van der Waals surface area (Å²) >= 11 is 0. The number of nitrogens with one attached hydrogen (secondary N) is 1. The maximum absolute atomic E-state index is 11.9. The Labute approximate surface area is 137 Å². The predicted molar refractivity (Wildman–Crippen MR) is 85.0 cm³/mol. The number of nitrogens with two attached hydrogens (primary N) is 1. The molecule has 2 aromatic rings. The summed E-state index contributed by atoms with van der Waals surface area (Å²) in [6.07, 6.45) is 2.42. The van der Waals surface area contributed by atoms with E-state index < -0.39 is 25.9 Å². The molecular formula is C12H19N6O5P. The average molecular weight is 358 g/mol. The van der Waals surface area contributed by atoms with Crippen LogP contribution in [0.15, 0.2) is 12.7 Å². The molecule has 2 atom stereocenters. The van der Waals surface area contributed by atoms with Crippen LogP contribution in [0.2, 0.25) is 0 Å². The van der Waals surface area contributed by atoms with E-state index in [2.05, 4.69) is 24.8 Å². The first-order valence-corrected chi connectivity index (χ1v) is 8.85. The van der Waals surface area contributed by atoms with Crippen LogP contribution in [0.3, 0.4) is 0 Å². The second-order valence-corrected chi connectivity index (χ2v) is 6.90. The first-order chi connectivity index (χ1) is 11.3. The summed E-state index contributed by atoms with van der Waals surface area (Å²) in [7, 11) is -2.62. The number of rotatable bonds is 8. The van der Waals surface area contributed by atoms with Crippen LogP contribution >= 0.6 is 7.52 Å². The van der Waals surface area contributed by atoms with Crippen LogP contribution in [0.4, 0.5) is 5.82 Å². The lowest BCUT2D eigenvalue weighted by Crippen LogP contribution is -2.33. The molecule has 0 saturated carbocycles. The molecule has 0 aliphatic rings. The first kappa shape index (κ1) is 18.3. The van der Waals surface area contributed by atoms with Crippen molar-refractivity contribution in [2.75, 3.05) is 25.8 Å². The highest BCUT2D eigenvalue weighted by Gasteiger charge is 2.25. The quantitative estimate of drug-likeness (QED) is 0.326. The average Bonchev–Trinajstić information content (AvgIpc) is 2.95. The van der Waals surface area contributed by atoms with Crippen molar-refractivity contribution in [3.8, 4) is 0 Å². The van der Waals surface area contributed by atoms with Gasteiger partial charge in [-0.3, -0.25) is 9.36 Å². The minimum atomic E-state index is -3.82. The Balaban J connectivity index is 1.84. The van der Waals surface area contributed by atoms with Crippen molar-refractivity contribution < 1.29 is 23.7 Å². The number of carbonyl (C=O) groups is 1. The summed E-state index contributed by atoms with van der Waals surface area (Å²) in [6, 6.07) is -0.910. The number of imidazole rings is 1. The number of aromatic nitrogens is 4. The zero-order valence-electron chi connectivity index (χ0n) is 13.2. The van der Waals surface area contributed by atoms with Crippen molar-refractivity contribution in [2.24, 2.45) is 0 Å². The van der Waals surface area contributed by atoms with Crippen molar-refractivity contribution in [3.63, 3.8) is 0 Å². The van der Waals surface area contributed by atoms with E-state index in [0.717, 1.165) is 0 Å². The molecule has 2 aromatic heterocycles. The molecule has 2 heterocycles. The van der Waals surface area contributed by atoms with Crippen molar-refractivity contribution in [1.82, 2.24) is 24.6 Å². The normalized spacial score (nSPS) is 15.1. The van der Waals surface area contributed by atoms with E-state index in [0.29, 0.717) is 17.7 Å². The second-order valence-electron chi connectivity index (χ2n) is 4.98. The summed E-state index contributed by atoms with van der Waals surface area (Å²) in [5.74, 6) is -0.355. The minimum absolute atomic E-state index is 0.147. The Morgan fingerprint density at radius 3 is 2.96 bits per heavy atom. The predicted octanol–water partition coefficient (Wildman–Crippen LogP) is -0.281. The topological polar surface area (TPSA) is 154 Å². The summed E-state index contributed by atoms with van der Waals surface area (Å²) < 4.78 is 23.3. The van der Waals surface area contributed by atoms with Gasteiger partial charge in [-0.1, -0.05) is 0 Å². The van der Waals surface area contributed by atoms with E-state index in [9.17, 15) is 14.3 Å². The molecule has 0 spiro atoms. The molecule has 4 N–H and O–H groups in total. The number of nitrogens with zero attached hydrogens (tertiary/aromatic N) is 4. The van der Waals surface area contributed by atoms with Crippen molar-refractivity contribution in [3.05, 3.63) is 12.7 Å². The van der Waals surface area contributed by atoms with Crippen molar-refractivity contribution in [2.45, 2.75) is 19.5 Å². The zero-order chi connectivity index (χ0) is 17.7. The summed E-state index contributed by atoms with van der Waals surface area (Å²) in [4.78, 5) is 33.0. The van der Waals surface area contributed by atoms with Gasteiger partial charge in [-0.15, -0.1) is 0 Å². The Morgan fingerprint density at radius 1 is 1.50 bits per heavy atom. The Kier molecular flexibility index (Phi) is 5.84. The van der Waals surface area contributed by atoms with E-state index in [1.807, 2.05) is 0 Å². The van der Waals surface area contributed by atoms with Gasteiger partial charge in [0.15, 0.2) is 11.5 Å². The molecule has 1 unspecified atom stereocenters. The van der Waals surface area contributed by atoms with Gasteiger partial charge in [0, 0.05) is 6.54 Å². The second kappa shape index (κ2) is 7.67. The molecule has 11 nitrogen and oxygen atoms in total. The molecule has 12 heteroatoms. The number of nitrogen functional groups attached to an aromatic ring is 1. The van der Waals surface area contributed by atoms with E-state index in [-0.39, 0.29) is 12.4 Å². The molecule has 0 aromatic carbocycles. The number of hydrogen-bond donors (Lipinski definition) is 3. The minimum Gasteiger partial charge on any atom is -0.468 e. The monoisotopic (exact) mass is 358 g/mol. The fraction of sp³-hybridized carbons (Fsp3) is 0.500. The fourth-order valence-corrected chi connectivity index (χ4v) is 3.14. The van der Waals surface area contributed by atoms with Crippen LogP contribution in [-0.4, -0.2) is 56.5 Å². The molecular weight excluding hydrogens is 339 g/mol. The van der Waals surface area contributed by atoms with Gasteiger partial charge in [0.05, 0.1) is 20.0 Å². The molecule has 0 aliphatic carbocycles. The van der Waals surface area contributed by atoms with E-state index in [1.165, 1.54) is 26.7 Å². The van der Waals surface area contributed by atoms with Crippen LogP contribution < -0.4 is 10.8 Å². The molecule has 2 rings (SSSR count).